The largest absolute Gasteiger partial charge is 0.381 e. The minimum absolute atomic E-state index is 0.102. The van der Waals surface area contributed by atoms with Crippen LogP contribution >= 0.6 is 0 Å². The third-order valence-electron chi connectivity index (χ3n) is 4.43. The molecule has 2 heterocycles. The minimum atomic E-state index is 0.102. The van der Waals surface area contributed by atoms with Gasteiger partial charge in [0.25, 0.3) is 0 Å². The Morgan fingerprint density at radius 3 is 2.76 bits per heavy atom. The van der Waals surface area contributed by atoms with Crippen molar-refractivity contribution in [2.75, 3.05) is 19.8 Å². The molecule has 2 rings (SSSR count). The Morgan fingerprint density at radius 1 is 1.29 bits per heavy atom. The summed E-state index contributed by atoms with van der Waals surface area (Å²) in [6.07, 6.45) is 8.10. The normalized spacial score (nSPS) is 30.4. The number of hydrogen-bond donors (Lipinski definition) is 1. The van der Waals surface area contributed by atoms with E-state index >= 15 is 0 Å². The van der Waals surface area contributed by atoms with Gasteiger partial charge in [0.1, 0.15) is 0 Å². The Balaban J connectivity index is 1.87. The molecule has 2 N–H and O–H groups in total. The summed E-state index contributed by atoms with van der Waals surface area (Å²) in [4.78, 5) is 0. The molecule has 0 aromatic heterocycles. The van der Waals surface area contributed by atoms with E-state index in [0.717, 1.165) is 45.5 Å². The van der Waals surface area contributed by atoms with Crippen molar-refractivity contribution < 1.29 is 9.47 Å². The first-order valence-corrected chi connectivity index (χ1v) is 7.23. The maximum absolute atomic E-state index is 6.34. The van der Waals surface area contributed by atoms with Gasteiger partial charge in [-0.1, -0.05) is 19.8 Å². The second-order valence-corrected chi connectivity index (χ2v) is 5.70. The lowest BCUT2D eigenvalue weighted by Crippen LogP contribution is -2.48. The van der Waals surface area contributed by atoms with E-state index in [1.54, 1.807) is 0 Å². The van der Waals surface area contributed by atoms with Gasteiger partial charge >= 0.3 is 0 Å². The van der Waals surface area contributed by atoms with Crippen LogP contribution in [-0.4, -0.2) is 31.5 Å². The number of rotatable bonds is 4. The molecule has 0 radical (unpaired) electrons. The molecular weight excluding hydrogens is 214 g/mol. The molecule has 2 saturated heterocycles. The number of nitrogens with two attached hydrogens (primary N) is 1. The highest BCUT2D eigenvalue weighted by atomic mass is 16.5. The van der Waals surface area contributed by atoms with Crippen molar-refractivity contribution in [2.45, 2.75) is 63.5 Å². The molecule has 17 heavy (non-hydrogen) atoms. The van der Waals surface area contributed by atoms with Gasteiger partial charge < -0.3 is 15.2 Å². The van der Waals surface area contributed by atoms with Crippen LogP contribution in [-0.2, 0) is 9.47 Å². The van der Waals surface area contributed by atoms with Gasteiger partial charge in [-0.3, -0.25) is 0 Å². The van der Waals surface area contributed by atoms with Crippen molar-refractivity contribution >= 4 is 0 Å². The maximum atomic E-state index is 6.34. The molecule has 2 aliphatic heterocycles. The lowest BCUT2D eigenvalue weighted by atomic mass is 9.77. The van der Waals surface area contributed by atoms with E-state index in [0.29, 0.717) is 12.0 Å². The smallest absolute Gasteiger partial charge is 0.0729 e. The SMILES string of the molecule is CCCCC(N)C1CCOC2(CCOCC2)C1. The van der Waals surface area contributed by atoms with E-state index < -0.39 is 0 Å². The predicted octanol–water partition coefficient (Wildman–Crippen LogP) is 2.48. The van der Waals surface area contributed by atoms with Crippen molar-refractivity contribution in [1.82, 2.24) is 0 Å². The summed E-state index contributed by atoms with van der Waals surface area (Å²) in [5, 5.41) is 0. The zero-order valence-corrected chi connectivity index (χ0v) is 11.1. The summed E-state index contributed by atoms with van der Waals surface area (Å²) < 4.78 is 11.5. The molecule has 1 spiro atoms. The lowest BCUT2D eigenvalue weighted by molar-refractivity contribution is -0.149. The van der Waals surface area contributed by atoms with E-state index in [9.17, 15) is 0 Å². The van der Waals surface area contributed by atoms with E-state index in [1.165, 1.54) is 19.3 Å². The molecule has 100 valence electrons. The standard InChI is InChI=1S/C14H27NO2/c1-2-3-4-13(15)12-5-8-17-14(11-12)6-9-16-10-7-14/h12-13H,2-11,15H2,1H3. The second kappa shape index (κ2) is 6.17. The molecule has 2 fully saturated rings. The van der Waals surface area contributed by atoms with E-state index in [1.807, 2.05) is 0 Å². The maximum Gasteiger partial charge on any atom is 0.0729 e. The Bertz CT molecular complexity index is 221. The fourth-order valence-corrected chi connectivity index (χ4v) is 3.20. The van der Waals surface area contributed by atoms with Crippen LogP contribution in [0.1, 0.15) is 51.9 Å². The highest BCUT2D eigenvalue weighted by Crippen LogP contribution is 2.38. The molecule has 0 bridgehead atoms. The average molecular weight is 241 g/mol. The second-order valence-electron chi connectivity index (χ2n) is 5.70. The zero-order valence-electron chi connectivity index (χ0n) is 11.1. The fourth-order valence-electron chi connectivity index (χ4n) is 3.20. The molecule has 3 heteroatoms. The Morgan fingerprint density at radius 2 is 2.06 bits per heavy atom. The Hall–Kier alpha value is -0.120. The van der Waals surface area contributed by atoms with E-state index in [-0.39, 0.29) is 5.60 Å². The number of unbranched alkanes of at least 4 members (excludes halogenated alkanes) is 1. The molecule has 3 nitrogen and oxygen atoms in total. The van der Waals surface area contributed by atoms with Crippen molar-refractivity contribution in [1.29, 1.82) is 0 Å². The topological polar surface area (TPSA) is 44.5 Å². The quantitative estimate of drug-likeness (QED) is 0.822. The van der Waals surface area contributed by atoms with Crippen LogP contribution in [0.15, 0.2) is 0 Å². The lowest BCUT2D eigenvalue weighted by Gasteiger charge is -2.44. The minimum Gasteiger partial charge on any atom is -0.381 e. The number of hydrogen-bond acceptors (Lipinski definition) is 3. The first-order chi connectivity index (χ1) is 8.26. The first-order valence-electron chi connectivity index (χ1n) is 7.23. The van der Waals surface area contributed by atoms with Gasteiger partial charge in [-0.2, -0.15) is 0 Å². The molecular formula is C14H27NO2. The summed E-state index contributed by atoms with van der Waals surface area (Å²) in [6, 6.07) is 0.374. The summed E-state index contributed by atoms with van der Waals surface area (Å²) in [6.45, 7) is 4.84. The van der Waals surface area contributed by atoms with Crippen LogP contribution in [0.3, 0.4) is 0 Å². The Kier molecular flexibility index (Phi) is 4.83. The van der Waals surface area contributed by atoms with Gasteiger partial charge in [-0.25, -0.2) is 0 Å². The molecule has 2 atom stereocenters. The zero-order chi connectivity index (χ0) is 12.1. The van der Waals surface area contributed by atoms with Crippen LogP contribution in [0.5, 0.6) is 0 Å². The summed E-state index contributed by atoms with van der Waals surface area (Å²) in [7, 11) is 0. The average Bonchev–Trinajstić information content (AvgIpc) is 2.37. The van der Waals surface area contributed by atoms with Crippen LogP contribution in [0.4, 0.5) is 0 Å². The third-order valence-corrected chi connectivity index (χ3v) is 4.43. The van der Waals surface area contributed by atoms with Crippen LogP contribution < -0.4 is 5.73 Å². The van der Waals surface area contributed by atoms with Crippen LogP contribution in [0, 0.1) is 5.92 Å². The monoisotopic (exact) mass is 241 g/mol. The van der Waals surface area contributed by atoms with Crippen molar-refractivity contribution in [2.24, 2.45) is 11.7 Å². The molecule has 0 aromatic rings. The van der Waals surface area contributed by atoms with Gasteiger partial charge in [-0.05, 0) is 38.0 Å². The highest BCUT2D eigenvalue weighted by molar-refractivity contribution is 4.91. The van der Waals surface area contributed by atoms with E-state index in [2.05, 4.69) is 6.92 Å². The van der Waals surface area contributed by atoms with Gasteiger partial charge in [0.15, 0.2) is 0 Å². The fraction of sp³-hybridized carbons (Fsp3) is 1.00. The molecule has 2 aliphatic rings. The molecule has 2 unspecified atom stereocenters. The van der Waals surface area contributed by atoms with Crippen molar-refractivity contribution in [3.8, 4) is 0 Å². The van der Waals surface area contributed by atoms with Gasteiger partial charge in [0.2, 0.25) is 0 Å². The van der Waals surface area contributed by atoms with Crippen LogP contribution in [0.2, 0.25) is 0 Å². The number of ether oxygens (including phenoxy) is 2. The van der Waals surface area contributed by atoms with E-state index in [4.69, 9.17) is 15.2 Å². The molecule has 0 saturated carbocycles. The van der Waals surface area contributed by atoms with Gasteiger partial charge in [0, 0.05) is 25.9 Å². The highest BCUT2D eigenvalue weighted by Gasteiger charge is 2.40. The molecule has 0 aliphatic carbocycles. The summed E-state index contributed by atoms with van der Waals surface area (Å²) >= 11 is 0. The Labute approximate surface area is 105 Å². The predicted molar refractivity (Wildman–Crippen MR) is 69.0 cm³/mol. The summed E-state index contributed by atoms with van der Waals surface area (Å²) in [5.41, 5.74) is 6.44. The van der Waals surface area contributed by atoms with Crippen LogP contribution in [0.25, 0.3) is 0 Å². The third kappa shape index (κ3) is 3.43. The first kappa shape index (κ1) is 13.3. The summed E-state index contributed by atoms with van der Waals surface area (Å²) in [5.74, 6) is 0.661. The van der Waals surface area contributed by atoms with Gasteiger partial charge in [-0.15, -0.1) is 0 Å². The molecule has 0 amide bonds. The molecule has 0 aromatic carbocycles. The van der Waals surface area contributed by atoms with Crippen molar-refractivity contribution in [3.05, 3.63) is 0 Å². The van der Waals surface area contributed by atoms with Gasteiger partial charge in [0.05, 0.1) is 5.60 Å². The van der Waals surface area contributed by atoms with Crippen molar-refractivity contribution in [3.63, 3.8) is 0 Å².